The Kier molecular flexibility index (Phi) is 6.54. The highest BCUT2D eigenvalue weighted by Gasteiger charge is 2.35. The van der Waals surface area contributed by atoms with Crippen LogP contribution in [0.2, 0.25) is 0 Å². The lowest BCUT2D eigenvalue weighted by atomic mass is 10.0. The first-order chi connectivity index (χ1) is 12.8. The molecule has 1 fully saturated rings. The number of halogens is 3. The van der Waals surface area contributed by atoms with Crippen LogP contribution in [0.5, 0.6) is 0 Å². The third kappa shape index (κ3) is 5.52. The maximum absolute atomic E-state index is 13.0. The highest BCUT2D eigenvalue weighted by Crippen LogP contribution is 2.36. The second-order valence-corrected chi connectivity index (χ2v) is 7.76. The number of β-amino-alcohol motifs (C(OH)–C–C–N with tert-alkyl or cyclic N) is 2. The Morgan fingerprint density at radius 3 is 2.78 bits per heavy atom. The van der Waals surface area contributed by atoms with Gasteiger partial charge in [0.15, 0.2) is 0 Å². The van der Waals surface area contributed by atoms with E-state index in [4.69, 9.17) is 4.74 Å². The van der Waals surface area contributed by atoms with E-state index in [2.05, 4.69) is 0 Å². The van der Waals surface area contributed by atoms with E-state index in [1.807, 2.05) is 22.4 Å². The molecule has 2 N–H and O–H groups in total. The lowest BCUT2D eigenvalue weighted by molar-refractivity contribution is -0.137. The van der Waals surface area contributed by atoms with E-state index in [0.717, 1.165) is 17.0 Å². The second kappa shape index (κ2) is 8.70. The number of thiophene rings is 1. The van der Waals surface area contributed by atoms with Gasteiger partial charge >= 0.3 is 6.18 Å². The van der Waals surface area contributed by atoms with Crippen molar-refractivity contribution in [3.05, 3.63) is 57.8 Å². The smallest absolute Gasteiger partial charge is 0.392 e. The summed E-state index contributed by atoms with van der Waals surface area (Å²) in [6, 6.07) is 8.66. The summed E-state index contributed by atoms with van der Waals surface area (Å²) in [6.45, 7) is 1.07. The van der Waals surface area contributed by atoms with Crippen LogP contribution in [0, 0.1) is 0 Å². The fourth-order valence-electron chi connectivity index (χ4n) is 3.36. The molecule has 0 amide bonds. The minimum atomic E-state index is -4.41. The van der Waals surface area contributed by atoms with Crippen molar-refractivity contribution in [3.8, 4) is 0 Å². The number of benzene rings is 1. The summed E-state index contributed by atoms with van der Waals surface area (Å²) in [5, 5.41) is 22.2. The van der Waals surface area contributed by atoms with Crippen molar-refractivity contribution >= 4 is 11.3 Å². The highest BCUT2D eigenvalue weighted by molar-refractivity contribution is 7.09. The Bertz CT molecular complexity index is 723. The molecule has 1 aromatic carbocycles. The molecule has 0 saturated carbocycles. The molecule has 0 bridgehead atoms. The van der Waals surface area contributed by atoms with Crippen LogP contribution in [0.25, 0.3) is 0 Å². The monoisotopic (exact) mass is 401 g/mol. The number of hydrogen-bond donors (Lipinski definition) is 2. The van der Waals surface area contributed by atoms with Gasteiger partial charge in [0, 0.05) is 24.0 Å². The lowest BCUT2D eigenvalue weighted by Gasteiger charge is -2.27. The summed E-state index contributed by atoms with van der Waals surface area (Å²) in [4.78, 5) is 2.87. The lowest BCUT2D eigenvalue weighted by Crippen LogP contribution is -2.35. The Morgan fingerprint density at radius 1 is 1.26 bits per heavy atom. The molecule has 148 valence electrons. The number of aliphatic hydroxyl groups excluding tert-OH is 2. The molecule has 0 aliphatic carbocycles. The Hall–Kier alpha value is -1.45. The summed E-state index contributed by atoms with van der Waals surface area (Å²) in [7, 11) is 0. The molecule has 1 aliphatic heterocycles. The number of hydrogen-bond acceptors (Lipinski definition) is 5. The Labute approximate surface area is 159 Å². The fraction of sp³-hybridized carbons (Fsp3) is 0.474. The Balaban J connectivity index is 1.60. The van der Waals surface area contributed by atoms with E-state index in [9.17, 15) is 23.4 Å². The van der Waals surface area contributed by atoms with Crippen LogP contribution in [0.1, 0.15) is 28.5 Å². The van der Waals surface area contributed by atoms with Crippen molar-refractivity contribution in [3.63, 3.8) is 0 Å². The Morgan fingerprint density at radius 2 is 2.07 bits per heavy atom. The van der Waals surface area contributed by atoms with Crippen molar-refractivity contribution in [2.75, 3.05) is 19.7 Å². The van der Waals surface area contributed by atoms with Gasteiger partial charge in [-0.1, -0.05) is 18.2 Å². The van der Waals surface area contributed by atoms with Crippen molar-refractivity contribution in [2.24, 2.45) is 0 Å². The van der Waals surface area contributed by atoms with E-state index in [1.54, 1.807) is 17.4 Å². The molecule has 27 heavy (non-hydrogen) atoms. The molecule has 3 atom stereocenters. The van der Waals surface area contributed by atoms with Gasteiger partial charge in [0.1, 0.15) is 0 Å². The van der Waals surface area contributed by atoms with Gasteiger partial charge in [-0.2, -0.15) is 13.2 Å². The molecule has 1 saturated heterocycles. The summed E-state index contributed by atoms with van der Waals surface area (Å²) < 4.78 is 44.4. The molecule has 3 rings (SSSR count). The summed E-state index contributed by atoms with van der Waals surface area (Å²) in [5.41, 5.74) is -0.214. The third-order valence-electron chi connectivity index (χ3n) is 4.56. The van der Waals surface area contributed by atoms with Crippen LogP contribution in [0.3, 0.4) is 0 Å². The van der Waals surface area contributed by atoms with Crippen LogP contribution >= 0.6 is 11.3 Å². The SMILES string of the molecule is O[C@H](COCc1cccs1)CN1C[C@@H](O)C[C@H]1c1cccc(C(F)(F)F)c1. The van der Waals surface area contributed by atoms with Gasteiger partial charge in [-0.05, 0) is 35.6 Å². The zero-order valence-electron chi connectivity index (χ0n) is 14.6. The minimum absolute atomic E-state index is 0.125. The number of ether oxygens (including phenoxy) is 1. The standard InChI is InChI=1S/C19H22F3NO3S/c20-19(21,22)14-4-1-3-13(7-14)18-8-15(24)9-23(18)10-16(25)11-26-12-17-5-2-6-27-17/h1-7,15-16,18,24-25H,8-12H2/t15-,16-,18-/m0/s1. The maximum Gasteiger partial charge on any atom is 0.416 e. The topological polar surface area (TPSA) is 52.9 Å². The largest absolute Gasteiger partial charge is 0.416 e. The van der Waals surface area contributed by atoms with E-state index in [-0.39, 0.29) is 19.2 Å². The van der Waals surface area contributed by atoms with Gasteiger partial charge in [0.05, 0.1) is 31.0 Å². The van der Waals surface area contributed by atoms with Crippen molar-refractivity contribution in [1.29, 1.82) is 0 Å². The molecule has 2 heterocycles. The second-order valence-electron chi connectivity index (χ2n) is 6.73. The van der Waals surface area contributed by atoms with Gasteiger partial charge in [-0.3, -0.25) is 4.90 Å². The van der Waals surface area contributed by atoms with E-state index in [0.29, 0.717) is 25.1 Å². The average molecular weight is 401 g/mol. The van der Waals surface area contributed by atoms with Crippen LogP contribution < -0.4 is 0 Å². The van der Waals surface area contributed by atoms with Gasteiger partial charge in [-0.25, -0.2) is 0 Å². The van der Waals surface area contributed by atoms with Gasteiger partial charge in [0.2, 0.25) is 0 Å². The number of aliphatic hydroxyl groups is 2. The number of alkyl halides is 3. The maximum atomic E-state index is 13.0. The molecule has 1 aromatic heterocycles. The molecular formula is C19H22F3NO3S. The number of nitrogens with zero attached hydrogens (tertiary/aromatic N) is 1. The zero-order chi connectivity index (χ0) is 19.4. The third-order valence-corrected chi connectivity index (χ3v) is 5.41. The summed E-state index contributed by atoms with van der Waals surface area (Å²) in [6.07, 6.45) is -5.50. The molecule has 0 spiro atoms. The fourth-order valence-corrected chi connectivity index (χ4v) is 4.00. The molecule has 1 aliphatic rings. The minimum Gasteiger partial charge on any atom is -0.392 e. The van der Waals surface area contributed by atoms with Crippen LogP contribution in [0.15, 0.2) is 41.8 Å². The predicted octanol–water partition coefficient (Wildman–Crippen LogP) is 3.45. The summed E-state index contributed by atoms with van der Waals surface area (Å²) in [5.74, 6) is 0. The number of likely N-dealkylation sites (tertiary alicyclic amines) is 1. The highest BCUT2D eigenvalue weighted by atomic mass is 32.1. The van der Waals surface area contributed by atoms with E-state index in [1.165, 1.54) is 6.07 Å². The van der Waals surface area contributed by atoms with Gasteiger partial charge < -0.3 is 14.9 Å². The van der Waals surface area contributed by atoms with Crippen molar-refractivity contribution in [1.82, 2.24) is 4.90 Å². The first kappa shape index (κ1) is 20.3. The molecule has 0 unspecified atom stereocenters. The normalized spacial score (nSPS) is 22.3. The van der Waals surface area contributed by atoms with Crippen LogP contribution in [0.4, 0.5) is 13.2 Å². The zero-order valence-corrected chi connectivity index (χ0v) is 15.4. The van der Waals surface area contributed by atoms with E-state index >= 15 is 0 Å². The predicted molar refractivity (Wildman–Crippen MR) is 96.4 cm³/mol. The molecule has 8 heteroatoms. The van der Waals surface area contributed by atoms with Crippen molar-refractivity contribution in [2.45, 2.75) is 37.5 Å². The first-order valence-electron chi connectivity index (χ1n) is 8.70. The van der Waals surface area contributed by atoms with Gasteiger partial charge in [-0.15, -0.1) is 11.3 Å². The molecular weight excluding hydrogens is 379 g/mol. The van der Waals surface area contributed by atoms with Crippen molar-refractivity contribution < 1.29 is 28.1 Å². The summed E-state index contributed by atoms with van der Waals surface area (Å²) >= 11 is 1.57. The van der Waals surface area contributed by atoms with Crippen LogP contribution in [-0.2, 0) is 17.5 Å². The van der Waals surface area contributed by atoms with E-state index < -0.39 is 23.9 Å². The van der Waals surface area contributed by atoms with Crippen LogP contribution in [-0.4, -0.2) is 47.0 Å². The molecule has 0 radical (unpaired) electrons. The number of rotatable bonds is 7. The molecule has 2 aromatic rings. The molecule has 4 nitrogen and oxygen atoms in total. The first-order valence-corrected chi connectivity index (χ1v) is 9.58. The average Bonchev–Trinajstić information content (AvgIpc) is 3.24. The van der Waals surface area contributed by atoms with Gasteiger partial charge in [0.25, 0.3) is 0 Å². The quantitative estimate of drug-likeness (QED) is 0.746.